The Kier molecular flexibility index (Phi) is 12.3. The van der Waals surface area contributed by atoms with E-state index >= 15 is 0 Å². The van der Waals surface area contributed by atoms with Crippen LogP contribution in [-0.4, -0.2) is 41.3 Å². The topological polar surface area (TPSA) is 126 Å². The molecule has 0 saturated heterocycles. The first-order chi connectivity index (χ1) is 11.0. The monoisotopic (exact) mass is 341 g/mol. The Labute approximate surface area is 144 Å². The molecule has 0 fully saturated rings. The average molecular weight is 341 g/mol. The molecule has 0 spiro atoms. The van der Waals surface area contributed by atoms with Gasteiger partial charge in [0.25, 0.3) is 0 Å². The number of aliphatic hydroxyl groups excluding tert-OH is 1. The minimum atomic E-state index is -1.24. The van der Waals surface area contributed by atoms with Gasteiger partial charge in [-0.05, 0) is 19.8 Å². The Bertz CT molecular complexity index is 476. The van der Waals surface area contributed by atoms with Crippen LogP contribution in [0.5, 0.6) is 0 Å². The molecule has 0 heterocycles. The molecule has 0 atom stereocenters. The normalized spacial score (nSPS) is 12.2. The van der Waals surface area contributed by atoms with Gasteiger partial charge in [0.2, 0.25) is 5.88 Å². The van der Waals surface area contributed by atoms with Crippen molar-refractivity contribution in [1.82, 2.24) is 5.32 Å². The number of hydrogen-bond donors (Lipinski definition) is 5. The number of carboxylic acids is 1. The van der Waals surface area contributed by atoms with Crippen molar-refractivity contribution in [2.24, 2.45) is 11.3 Å². The van der Waals surface area contributed by atoms with Crippen molar-refractivity contribution in [2.45, 2.75) is 41.5 Å². The third-order valence-corrected chi connectivity index (χ3v) is 2.34. The van der Waals surface area contributed by atoms with Gasteiger partial charge in [0.15, 0.2) is 0 Å². The number of carboxylic acid groups (broad SMARTS) is 1. The zero-order valence-corrected chi connectivity index (χ0v) is 15.4. The highest BCUT2D eigenvalue weighted by molar-refractivity contribution is 6.07. The Balaban J connectivity index is 0. The number of rotatable bonds is 9. The third kappa shape index (κ3) is 13.5. The number of aliphatic hydroxyl groups is 1. The minimum Gasteiger partial charge on any atom is -0.478 e. The molecular weight excluding hydrogens is 310 g/mol. The summed E-state index contributed by atoms with van der Waals surface area (Å²) in [4.78, 5) is 11.0. The summed E-state index contributed by atoms with van der Waals surface area (Å²) < 4.78 is 5.39. The summed E-state index contributed by atoms with van der Waals surface area (Å²) in [7, 11) is 0. The van der Waals surface area contributed by atoms with Crippen molar-refractivity contribution < 1.29 is 19.7 Å². The molecule has 7 nitrogen and oxygen atoms in total. The van der Waals surface area contributed by atoms with Crippen LogP contribution in [0.2, 0.25) is 0 Å². The van der Waals surface area contributed by atoms with E-state index in [-0.39, 0.29) is 24.0 Å². The molecule has 0 aliphatic rings. The molecule has 0 aliphatic heterocycles. The van der Waals surface area contributed by atoms with Crippen molar-refractivity contribution in [3.8, 4) is 0 Å². The first kappa shape index (κ1) is 24.1. The van der Waals surface area contributed by atoms with Crippen molar-refractivity contribution in [3.05, 3.63) is 23.7 Å². The highest BCUT2D eigenvalue weighted by atomic mass is 16.5. The van der Waals surface area contributed by atoms with Gasteiger partial charge in [0, 0.05) is 23.5 Å². The smallest absolute Gasteiger partial charge is 0.342 e. The van der Waals surface area contributed by atoms with E-state index < -0.39 is 11.4 Å². The molecule has 138 valence electrons. The van der Waals surface area contributed by atoms with Gasteiger partial charge in [0.05, 0.1) is 13.2 Å². The standard InChI is InChI=1S/C14H24N2O4.C3H7N/c1-10(2)8-20-12(11(7-15)13(18)19)16-6-5-14(3,4)9-17;1-3(2)4/h5-7,10,15-17H,8-9H2,1-4H3,(H,18,19);4H,1-2H3/b6-5+,12-11-,15-7?;. The lowest BCUT2D eigenvalue weighted by Gasteiger charge is -2.17. The van der Waals surface area contributed by atoms with Crippen LogP contribution in [0, 0.1) is 22.2 Å². The lowest BCUT2D eigenvalue weighted by Crippen LogP contribution is -2.20. The van der Waals surface area contributed by atoms with Gasteiger partial charge in [0.1, 0.15) is 5.57 Å². The van der Waals surface area contributed by atoms with E-state index in [0.29, 0.717) is 12.3 Å². The quantitative estimate of drug-likeness (QED) is 0.250. The Morgan fingerprint density at radius 3 is 2.17 bits per heavy atom. The summed E-state index contributed by atoms with van der Waals surface area (Å²) in [6.45, 7) is 11.3. The largest absolute Gasteiger partial charge is 0.478 e. The number of aliphatic carboxylic acids is 1. The van der Waals surface area contributed by atoms with Gasteiger partial charge in [-0.3, -0.25) is 0 Å². The van der Waals surface area contributed by atoms with Crippen molar-refractivity contribution in [2.75, 3.05) is 13.2 Å². The summed E-state index contributed by atoms with van der Waals surface area (Å²) in [5.74, 6) is -0.988. The second-order valence-electron chi connectivity index (χ2n) is 6.52. The van der Waals surface area contributed by atoms with Gasteiger partial charge in [-0.2, -0.15) is 0 Å². The number of ether oxygens (including phenoxy) is 1. The first-order valence-electron chi connectivity index (χ1n) is 7.64. The molecule has 5 N–H and O–H groups in total. The highest BCUT2D eigenvalue weighted by Crippen LogP contribution is 2.15. The third-order valence-electron chi connectivity index (χ3n) is 2.34. The van der Waals surface area contributed by atoms with E-state index in [0.717, 1.165) is 6.21 Å². The summed E-state index contributed by atoms with van der Waals surface area (Å²) in [6.07, 6.45) is 3.95. The van der Waals surface area contributed by atoms with E-state index in [1.54, 1.807) is 19.9 Å². The predicted molar refractivity (Wildman–Crippen MR) is 96.5 cm³/mol. The van der Waals surface area contributed by atoms with Gasteiger partial charge < -0.3 is 31.1 Å². The maximum Gasteiger partial charge on any atom is 0.342 e. The molecule has 0 amide bonds. The molecule has 0 bridgehead atoms. The van der Waals surface area contributed by atoms with Gasteiger partial charge in [-0.15, -0.1) is 0 Å². The maximum atomic E-state index is 11.0. The van der Waals surface area contributed by atoms with E-state index in [9.17, 15) is 4.79 Å². The van der Waals surface area contributed by atoms with Crippen molar-refractivity contribution >= 4 is 17.9 Å². The van der Waals surface area contributed by atoms with Crippen LogP contribution >= 0.6 is 0 Å². The number of nitrogens with one attached hydrogen (secondary N) is 3. The Hall–Kier alpha value is -2.15. The second-order valence-corrected chi connectivity index (χ2v) is 6.52. The summed E-state index contributed by atoms with van der Waals surface area (Å²) in [5, 5.41) is 34.5. The van der Waals surface area contributed by atoms with Crippen LogP contribution in [0.1, 0.15) is 41.5 Å². The van der Waals surface area contributed by atoms with Crippen molar-refractivity contribution in [3.63, 3.8) is 0 Å². The molecule has 0 radical (unpaired) electrons. The minimum absolute atomic E-state index is 0.0196. The summed E-state index contributed by atoms with van der Waals surface area (Å²) >= 11 is 0. The highest BCUT2D eigenvalue weighted by Gasteiger charge is 2.15. The molecular formula is C17H31N3O4. The number of hydrogen-bond acceptors (Lipinski definition) is 6. The molecule has 0 aromatic carbocycles. The molecule has 24 heavy (non-hydrogen) atoms. The fourth-order valence-corrected chi connectivity index (χ4v) is 1.07. The molecule has 0 aromatic rings. The molecule has 0 saturated carbocycles. The zero-order valence-electron chi connectivity index (χ0n) is 15.4. The lowest BCUT2D eigenvalue weighted by atomic mass is 9.95. The SMILES string of the molecule is CC(C)=N.CC(C)CO/C(N/C=C/C(C)(C)CO)=C(/C=N)C(=O)O. The Morgan fingerprint density at radius 1 is 1.33 bits per heavy atom. The number of carbonyl (C=O) groups is 1. The molecule has 0 aromatic heterocycles. The first-order valence-corrected chi connectivity index (χ1v) is 7.64. The van der Waals surface area contributed by atoms with Gasteiger partial charge in [-0.1, -0.05) is 33.8 Å². The Morgan fingerprint density at radius 2 is 1.83 bits per heavy atom. The molecule has 0 aliphatic carbocycles. The summed E-state index contributed by atoms with van der Waals surface area (Å²) in [6, 6.07) is 0. The summed E-state index contributed by atoms with van der Waals surface area (Å²) in [5.41, 5.74) is -0.0124. The van der Waals surface area contributed by atoms with E-state index in [1.165, 1.54) is 6.20 Å². The van der Waals surface area contributed by atoms with Gasteiger partial charge in [-0.25, -0.2) is 4.79 Å². The molecule has 0 unspecified atom stereocenters. The van der Waals surface area contributed by atoms with Crippen LogP contribution in [0.3, 0.4) is 0 Å². The van der Waals surface area contributed by atoms with E-state index in [2.05, 4.69) is 5.32 Å². The maximum absolute atomic E-state index is 11.0. The van der Waals surface area contributed by atoms with Crippen LogP contribution in [0.15, 0.2) is 23.7 Å². The lowest BCUT2D eigenvalue weighted by molar-refractivity contribution is -0.132. The van der Waals surface area contributed by atoms with E-state index in [1.807, 2.05) is 27.7 Å². The van der Waals surface area contributed by atoms with Gasteiger partial charge >= 0.3 is 5.97 Å². The average Bonchev–Trinajstić information content (AvgIpc) is 2.43. The fraction of sp³-hybridized carbons (Fsp3) is 0.588. The van der Waals surface area contributed by atoms with Crippen LogP contribution in [-0.2, 0) is 9.53 Å². The molecule has 7 heteroatoms. The van der Waals surface area contributed by atoms with Crippen LogP contribution < -0.4 is 5.32 Å². The zero-order chi connectivity index (χ0) is 19.3. The molecule has 0 rings (SSSR count). The fourth-order valence-electron chi connectivity index (χ4n) is 1.07. The van der Waals surface area contributed by atoms with Crippen LogP contribution in [0.25, 0.3) is 0 Å². The van der Waals surface area contributed by atoms with Crippen molar-refractivity contribution in [1.29, 1.82) is 10.8 Å². The second kappa shape index (κ2) is 12.3. The van der Waals surface area contributed by atoms with Crippen LogP contribution in [0.4, 0.5) is 0 Å². The van der Waals surface area contributed by atoms with E-state index in [4.69, 9.17) is 25.8 Å². The predicted octanol–water partition coefficient (Wildman–Crippen LogP) is 2.77.